The van der Waals surface area contributed by atoms with E-state index >= 15 is 0 Å². The molecule has 0 aromatic carbocycles. The van der Waals surface area contributed by atoms with Crippen LogP contribution in [0.1, 0.15) is 27.2 Å². The summed E-state index contributed by atoms with van der Waals surface area (Å²) in [6.07, 6.45) is 1.65. The molecule has 0 N–H and O–H groups in total. The monoisotopic (exact) mass is 307 g/mol. The molecule has 7 heteroatoms. The van der Waals surface area contributed by atoms with Crippen molar-refractivity contribution in [3.05, 3.63) is 28.4 Å². The molecular formula is C15H21N3O4. The first-order chi connectivity index (χ1) is 10.4. The summed E-state index contributed by atoms with van der Waals surface area (Å²) < 4.78 is 5.50. The average molecular weight is 307 g/mol. The van der Waals surface area contributed by atoms with Gasteiger partial charge in [0.1, 0.15) is 6.20 Å². The van der Waals surface area contributed by atoms with E-state index in [1.807, 2.05) is 0 Å². The van der Waals surface area contributed by atoms with Crippen molar-refractivity contribution in [2.75, 3.05) is 13.1 Å². The minimum Gasteiger partial charge on any atom is -0.473 e. The molecule has 22 heavy (non-hydrogen) atoms. The second kappa shape index (κ2) is 6.72. The Labute approximate surface area is 129 Å². The molecule has 0 radical (unpaired) electrons. The Morgan fingerprint density at radius 3 is 2.68 bits per heavy atom. The lowest BCUT2D eigenvalue weighted by molar-refractivity contribution is -0.390. The Kier molecular flexibility index (Phi) is 4.95. The Bertz CT molecular complexity index is 553. The predicted molar refractivity (Wildman–Crippen MR) is 80.5 cm³/mol. The van der Waals surface area contributed by atoms with Gasteiger partial charge in [-0.15, -0.1) is 0 Å². The second-order valence-corrected chi connectivity index (χ2v) is 6.03. The summed E-state index contributed by atoms with van der Waals surface area (Å²) in [5.74, 6) is 0.408. The first-order valence-corrected chi connectivity index (χ1v) is 7.43. The van der Waals surface area contributed by atoms with E-state index in [-0.39, 0.29) is 17.5 Å². The molecule has 0 bridgehead atoms. The Hall–Kier alpha value is -2.18. The highest BCUT2D eigenvalue weighted by atomic mass is 16.6. The van der Waals surface area contributed by atoms with Crippen molar-refractivity contribution in [1.82, 2.24) is 9.88 Å². The van der Waals surface area contributed by atoms with Gasteiger partial charge in [0.05, 0.1) is 0 Å². The van der Waals surface area contributed by atoms with Gasteiger partial charge in [-0.1, -0.05) is 13.8 Å². The molecular weight excluding hydrogens is 286 g/mol. The molecule has 2 heterocycles. The molecule has 1 saturated heterocycles. The molecule has 7 nitrogen and oxygen atoms in total. The molecule has 1 amide bonds. The highest BCUT2D eigenvalue weighted by Gasteiger charge is 2.30. The van der Waals surface area contributed by atoms with Crippen LogP contribution in [-0.2, 0) is 4.79 Å². The van der Waals surface area contributed by atoms with E-state index in [1.54, 1.807) is 17.9 Å². The lowest BCUT2D eigenvalue weighted by Gasteiger charge is -2.36. The lowest BCUT2D eigenvalue weighted by Crippen LogP contribution is -2.47. The van der Waals surface area contributed by atoms with Gasteiger partial charge in [0.15, 0.2) is 6.10 Å². The maximum absolute atomic E-state index is 12.5. The molecule has 1 fully saturated rings. The van der Waals surface area contributed by atoms with Crippen LogP contribution in [0.5, 0.6) is 5.75 Å². The minimum atomic E-state index is -0.777. The van der Waals surface area contributed by atoms with E-state index in [1.165, 1.54) is 12.3 Å². The zero-order valence-corrected chi connectivity index (χ0v) is 13.1. The van der Waals surface area contributed by atoms with Crippen LogP contribution in [0, 0.1) is 22.0 Å². The summed E-state index contributed by atoms with van der Waals surface area (Å²) in [4.78, 5) is 28.3. The quantitative estimate of drug-likeness (QED) is 0.629. The summed E-state index contributed by atoms with van der Waals surface area (Å²) in [6.45, 7) is 7.25. The molecule has 0 aliphatic carbocycles. The second-order valence-electron chi connectivity index (χ2n) is 6.03. The van der Waals surface area contributed by atoms with Crippen LogP contribution in [0.25, 0.3) is 0 Å². The van der Waals surface area contributed by atoms with Crippen molar-refractivity contribution in [1.29, 1.82) is 0 Å². The molecule has 3 unspecified atom stereocenters. The number of carbonyl (C=O) groups is 1. The number of aromatic nitrogens is 1. The number of likely N-dealkylation sites (tertiary alicyclic amines) is 1. The molecule has 3 atom stereocenters. The number of nitro groups is 1. The van der Waals surface area contributed by atoms with Crippen molar-refractivity contribution in [2.45, 2.75) is 33.3 Å². The predicted octanol–water partition coefficient (Wildman–Crippen LogP) is 2.26. The fourth-order valence-corrected chi connectivity index (χ4v) is 2.95. The summed E-state index contributed by atoms with van der Waals surface area (Å²) in [6, 6.07) is 3.00. The number of hydrogen-bond acceptors (Lipinski definition) is 5. The van der Waals surface area contributed by atoms with Crippen LogP contribution >= 0.6 is 0 Å². The zero-order valence-electron chi connectivity index (χ0n) is 13.1. The van der Waals surface area contributed by atoms with E-state index in [9.17, 15) is 14.9 Å². The molecule has 1 aliphatic heterocycles. The Morgan fingerprint density at radius 1 is 1.45 bits per heavy atom. The number of rotatable bonds is 4. The average Bonchev–Trinajstić information content (AvgIpc) is 2.45. The summed E-state index contributed by atoms with van der Waals surface area (Å²) in [5, 5.41) is 10.9. The number of hydrogen-bond donors (Lipinski definition) is 0. The van der Waals surface area contributed by atoms with Gasteiger partial charge in [-0.05, 0) is 47.2 Å². The van der Waals surface area contributed by atoms with Crippen LogP contribution in [0.3, 0.4) is 0 Å². The molecule has 1 aromatic heterocycles. The summed E-state index contributed by atoms with van der Waals surface area (Å²) >= 11 is 0. The van der Waals surface area contributed by atoms with Gasteiger partial charge in [0, 0.05) is 13.1 Å². The maximum atomic E-state index is 12.5. The fraction of sp³-hybridized carbons (Fsp3) is 0.600. The first-order valence-electron chi connectivity index (χ1n) is 7.43. The largest absolute Gasteiger partial charge is 0.473 e. The summed E-state index contributed by atoms with van der Waals surface area (Å²) in [7, 11) is 0. The number of ether oxygens (including phenoxy) is 1. The zero-order chi connectivity index (χ0) is 16.3. The smallest absolute Gasteiger partial charge is 0.406 e. The van der Waals surface area contributed by atoms with Gasteiger partial charge < -0.3 is 19.8 Å². The molecule has 2 rings (SSSR count). The van der Waals surface area contributed by atoms with E-state index < -0.39 is 11.0 Å². The van der Waals surface area contributed by atoms with Crippen molar-refractivity contribution < 1.29 is 14.5 Å². The number of amides is 1. The third-order valence-corrected chi connectivity index (χ3v) is 3.76. The number of carbonyl (C=O) groups excluding carboxylic acids is 1. The van der Waals surface area contributed by atoms with Gasteiger partial charge in [0.2, 0.25) is 5.75 Å². The summed E-state index contributed by atoms with van der Waals surface area (Å²) in [5.41, 5.74) is 0. The highest BCUT2D eigenvalue weighted by molar-refractivity contribution is 5.81. The van der Waals surface area contributed by atoms with E-state index in [0.717, 1.165) is 6.42 Å². The standard InChI is InChI=1S/C15H21N3O4/c1-10-7-11(2)9-17(8-10)15(19)12(3)22-13-5-4-6-16-14(13)18(20)21/h4-6,10-12H,7-9H2,1-3H3. The number of piperidine rings is 1. The molecule has 0 spiro atoms. The molecule has 0 saturated carbocycles. The minimum absolute atomic E-state index is 0.0199. The fourth-order valence-electron chi connectivity index (χ4n) is 2.95. The van der Waals surface area contributed by atoms with Gasteiger partial charge in [0.25, 0.3) is 5.91 Å². The normalized spacial score (nSPS) is 23.0. The van der Waals surface area contributed by atoms with E-state index in [4.69, 9.17) is 4.74 Å². The van der Waals surface area contributed by atoms with Crippen molar-refractivity contribution in [2.24, 2.45) is 11.8 Å². The topological polar surface area (TPSA) is 85.6 Å². The molecule has 1 aliphatic rings. The van der Waals surface area contributed by atoms with Crippen molar-refractivity contribution in [3.63, 3.8) is 0 Å². The van der Waals surface area contributed by atoms with Crippen LogP contribution < -0.4 is 4.74 Å². The number of pyridine rings is 1. The Balaban J connectivity index is 2.07. The van der Waals surface area contributed by atoms with Gasteiger partial charge >= 0.3 is 5.82 Å². The van der Waals surface area contributed by atoms with Crippen LogP contribution in [0.2, 0.25) is 0 Å². The van der Waals surface area contributed by atoms with Gasteiger partial charge in [-0.3, -0.25) is 4.79 Å². The SMILES string of the molecule is CC1CC(C)CN(C(=O)C(C)Oc2cccnc2[N+](=O)[O-])C1. The van der Waals surface area contributed by atoms with Gasteiger partial charge in [-0.25, -0.2) is 0 Å². The van der Waals surface area contributed by atoms with E-state index in [2.05, 4.69) is 18.8 Å². The van der Waals surface area contributed by atoms with E-state index in [0.29, 0.717) is 24.9 Å². The number of nitrogens with zero attached hydrogens (tertiary/aromatic N) is 3. The first kappa shape index (κ1) is 16.2. The highest BCUT2D eigenvalue weighted by Crippen LogP contribution is 2.26. The Morgan fingerprint density at radius 2 is 2.09 bits per heavy atom. The third-order valence-electron chi connectivity index (χ3n) is 3.76. The van der Waals surface area contributed by atoms with Crippen LogP contribution in [0.15, 0.2) is 18.3 Å². The van der Waals surface area contributed by atoms with Crippen molar-refractivity contribution in [3.8, 4) is 5.75 Å². The van der Waals surface area contributed by atoms with Crippen LogP contribution in [-0.4, -0.2) is 39.9 Å². The van der Waals surface area contributed by atoms with Gasteiger partial charge in [-0.2, -0.15) is 0 Å². The third kappa shape index (κ3) is 3.72. The molecule has 120 valence electrons. The maximum Gasteiger partial charge on any atom is 0.406 e. The lowest BCUT2D eigenvalue weighted by atomic mass is 9.91. The van der Waals surface area contributed by atoms with Crippen molar-refractivity contribution >= 4 is 11.7 Å². The van der Waals surface area contributed by atoms with Crippen LogP contribution in [0.4, 0.5) is 5.82 Å². The molecule has 1 aromatic rings.